The van der Waals surface area contributed by atoms with E-state index in [1.807, 2.05) is 0 Å². The van der Waals surface area contributed by atoms with Gasteiger partial charge in [0.1, 0.15) is 0 Å². The maximum Gasteiger partial charge on any atom is 0.0242 e. The molecule has 15 heavy (non-hydrogen) atoms. The van der Waals surface area contributed by atoms with Crippen LogP contribution in [-0.2, 0) is 6.42 Å². The van der Waals surface area contributed by atoms with Crippen molar-refractivity contribution < 1.29 is 0 Å². The second-order valence-corrected chi connectivity index (χ2v) is 4.44. The van der Waals surface area contributed by atoms with Gasteiger partial charge in [0.25, 0.3) is 0 Å². The Kier molecular flexibility index (Phi) is 3.39. The van der Waals surface area contributed by atoms with Gasteiger partial charge in [0.15, 0.2) is 0 Å². The van der Waals surface area contributed by atoms with Crippen LogP contribution in [0.3, 0.4) is 0 Å². The van der Waals surface area contributed by atoms with Gasteiger partial charge in [0, 0.05) is 5.54 Å². The van der Waals surface area contributed by atoms with Crippen LogP contribution in [0.25, 0.3) is 0 Å². The highest BCUT2D eigenvalue weighted by Gasteiger charge is 2.29. The summed E-state index contributed by atoms with van der Waals surface area (Å²) in [4.78, 5) is 0. The van der Waals surface area contributed by atoms with Crippen LogP contribution in [-0.4, -0.2) is 25.7 Å². The minimum atomic E-state index is 0.312. The molecule has 2 rings (SSSR count). The molecule has 1 heterocycles. The van der Waals surface area contributed by atoms with E-state index < -0.39 is 0 Å². The lowest BCUT2D eigenvalue weighted by Gasteiger charge is -2.37. The second-order valence-electron chi connectivity index (χ2n) is 4.44. The monoisotopic (exact) mass is 204 g/mol. The van der Waals surface area contributed by atoms with Gasteiger partial charge in [0.2, 0.25) is 0 Å². The third-order valence-corrected chi connectivity index (χ3v) is 3.48. The largest absolute Gasteiger partial charge is 0.317 e. The molecular weight excluding hydrogens is 184 g/mol. The van der Waals surface area contributed by atoms with Gasteiger partial charge in [-0.3, -0.25) is 0 Å². The van der Waals surface area contributed by atoms with Gasteiger partial charge in [-0.25, -0.2) is 0 Å². The molecule has 0 aliphatic carbocycles. The summed E-state index contributed by atoms with van der Waals surface area (Å²) in [6.45, 7) is 2.27. The molecule has 1 saturated heterocycles. The van der Waals surface area contributed by atoms with E-state index in [1.165, 1.54) is 18.4 Å². The second kappa shape index (κ2) is 4.77. The van der Waals surface area contributed by atoms with E-state index in [9.17, 15) is 0 Å². The number of nitrogens with one attached hydrogen (secondary N) is 2. The number of piperidine rings is 1. The quantitative estimate of drug-likeness (QED) is 0.781. The highest BCUT2D eigenvalue weighted by molar-refractivity contribution is 5.18. The van der Waals surface area contributed by atoms with Gasteiger partial charge in [-0.05, 0) is 45.0 Å². The normalized spacial score (nSPS) is 20.1. The average Bonchev–Trinajstić information content (AvgIpc) is 2.32. The Balaban J connectivity index is 2.07. The molecule has 1 fully saturated rings. The zero-order valence-electron chi connectivity index (χ0n) is 9.42. The molecule has 2 nitrogen and oxygen atoms in total. The molecule has 0 saturated carbocycles. The number of benzene rings is 1. The van der Waals surface area contributed by atoms with Crippen molar-refractivity contribution in [1.29, 1.82) is 0 Å². The van der Waals surface area contributed by atoms with Crippen LogP contribution in [0.2, 0.25) is 0 Å². The zero-order valence-corrected chi connectivity index (χ0v) is 9.42. The topological polar surface area (TPSA) is 24.1 Å². The highest BCUT2D eigenvalue weighted by Crippen LogP contribution is 2.22. The third kappa shape index (κ3) is 2.58. The van der Waals surface area contributed by atoms with Crippen molar-refractivity contribution in [2.75, 3.05) is 20.1 Å². The molecule has 0 radical (unpaired) electrons. The predicted molar refractivity (Wildman–Crippen MR) is 64.0 cm³/mol. The average molecular weight is 204 g/mol. The van der Waals surface area contributed by atoms with Crippen LogP contribution < -0.4 is 10.6 Å². The Hall–Kier alpha value is -0.860. The molecule has 2 N–H and O–H groups in total. The van der Waals surface area contributed by atoms with Gasteiger partial charge in [-0.2, -0.15) is 0 Å². The summed E-state index contributed by atoms with van der Waals surface area (Å²) >= 11 is 0. The Labute approximate surface area is 92.1 Å². The first kappa shape index (κ1) is 10.7. The summed E-state index contributed by atoms with van der Waals surface area (Å²) < 4.78 is 0. The molecule has 0 amide bonds. The molecule has 0 spiro atoms. The number of likely N-dealkylation sites (N-methyl/N-ethyl adjacent to an activating group) is 1. The van der Waals surface area contributed by atoms with E-state index in [-0.39, 0.29) is 0 Å². The first-order valence-corrected chi connectivity index (χ1v) is 5.78. The summed E-state index contributed by atoms with van der Waals surface area (Å²) in [7, 11) is 2.09. The van der Waals surface area contributed by atoms with Crippen molar-refractivity contribution in [1.82, 2.24) is 10.6 Å². The first-order chi connectivity index (χ1) is 7.35. The fourth-order valence-corrected chi connectivity index (χ4v) is 2.41. The van der Waals surface area contributed by atoms with Crippen LogP contribution in [0, 0.1) is 0 Å². The maximum atomic E-state index is 3.53. The Morgan fingerprint density at radius 3 is 2.47 bits per heavy atom. The maximum absolute atomic E-state index is 3.53. The van der Waals surface area contributed by atoms with E-state index in [0.29, 0.717) is 5.54 Å². The zero-order chi connectivity index (χ0) is 10.6. The van der Waals surface area contributed by atoms with Crippen LogP contribution in [0.1, 0.15) is 18.4 Å². The van der Waals surface area contributed by atoms with Crippen LogP contribution in [0.15, 0.2) is 30.3 Å². The van der Waals surface area contributed by atoms with Crippen molar-refractivity contribution in [2.45, 2.75) is 24.8 Å². The van der Waals surface area contributed by atoms with Crippen molar-refractivity contribution in [3.05, 3.63) is 35.9 Å². The lowest BCUT2D eigenvalue weighted by atomic mass is 9.82. The van der Waals surface area contributed by atoms with E-state index >= 15 is 0 Å². The Bertz CT molecular complexity index is 289. The molecule has 0 unspecified atom stereocenters. The molecule has 0 bridgehead atoms. The lowest BCUT2D eigenvalue weighted by Crippen LogP contribution is -2.52. The van der Waals surface area contributed by atoms with Crippen molar-refractivity contribution in [3.8, 4) is 0 Å². The van der Waals surface area contributed by atoms with E-state index in [1.54, 1.807) is 0 Å². The molecule has 82 valence electrons. The van der Waals surface area contributed by atoms with Crippen LogP contribution in [0.5, 0.6) is 0 Å². The molecule has 0 aromatic heterocycles. The van der Waals surface area contributed by atoms with Crippen molar-refractivity contribution in [2.24, 2.45) is 0 Å². The first-order valence-electron chi connectivity index (χ1n) is 5.78. The molecule has 0 atom stereocenters. The summed E-state index contributed by atoms with van der Waals surface area (Å²) in [5, 5.41) is 6.95. The molecule has 1 aliphatic heterocycles. The molecule has 1 aromatic carbocycles. The summed E-state index contributed by atoms with van der Waals surface area (Å²) in [5.74, 6) is 0. The smallest absolute Gasteiger partial charge is 0.0242 e. The fourth-order valence-electron chi connectivity index (χ4n) is 2.41. The number of hydrogen-bond acceptors (Lipinski definition) is 2. The van der Waals surface area contributed by atoms with Gasteiger partial charge in [0.05, 0.1) is 0 Å². The fraction of sp³-hybridized carbons (Fsp3) is 0.538. The van der Waals surface area contributed by atoms with Crippen molar-refractivity contribution >= 4 is 0 Å². The van der Waals surface area contributed by atoms with Crippen LogP contribution in [0.4, 0.5) is 0 Å². The van der Waals surface area contributed by atoms with E-state index in [4.69, 9.17) is 0 Å². The van der Waals surface area contributed by atoms with Gasteiger partial charge < -0.3 is 10.6 Å². The van der Waals surface area contributed by atoms with Crippen molar-refractivity contribution in [3.63, 3.8) is 0 Å². The van der Waals surface area contributed by atoms with Gasteiger partial charge in [-0.15, -0.1) is 0 Å². The Morgan fingerprint density at radius 1 is 1.20 bits per heavy atom. The minimum absolute atomic E-state index is 0.312. The van der Waals surface area contributed by atoms with E-state index in [0.717, 1.165) is 19.5 Å². The molecule has 1 aromatic rings. The molecule has 2 heteroatoms. The SMILES string of the molecule is CNC1(Cc2ccccc2)CCNCC1. The number of hydrogen-bond donors (Lipinski definition) is 2. The molecular formula is C13H20N2. The van der Waals surface area contributed by atoms with Gasteiger partial charge >= 0.3 is 0 Å². The standard InChI is InChI=1S/C13H20N2/c1-14-13(7-9-15-10-8-13)11-12-5-3-2-4-6-12/h2-6,14-15H,7-11H2,1H3. The molecule has 1 aliphatic rings. The van der Waals surface area contributed by atoms with Gasteiger partial charge in [-0.1, -0.05) is 30.3 Å². The highest BCUT2D eigenvalue weighted by atomic mass is 15.0. The minimum Gasteiger partial charge on any atom is -0.317 e. The summed E-state index contributed by atoms with van der Waals surface area (Å²) in [5.41, 5.74) is 1.75. The Morgan fingerprint density at radius 2 is 1.87 bits per heavy atom. The predicted octanol–water partition coefficient (Wildman–Crippen LogP) is 1.57. The number of rotatable bonds is 3. The van der Waals surface area contributed by atoms with Crippen LogP contribution >= 0.6 is 0 Å². The van der Waals surface area contributed by atoms with E-state index in [2.05, 4.69) is 48.0 Å². The summed E-state index contributed by atoms with van der Waals surface area (Å²) in [6.07, 6.45) is 3.59. The third-order valence-electron chi connectivity index (χ3n) is 3.48. The summed E-state index contributed by atoms with van der Waals surface area (Å²) in [6, 6.07) is 10.8. The lowest BCUT2D eigenvalue weighted by molar-refractivity contribution is 0.257.